The Morgan fingerprint density at radius 2 is 2.18 bits per heavy atom. The Balaban J connectivity index is 2.38. The minimum atomic E-state index is -0.913. The van der Waals surface area contributed by atoms with Crippen LogP contribution in [0.15, 0.2) is 6.20 Å². The Bertz CT molecular complexity index is 411. The van der Waals surface area contributed by atoms with Gasteiger partial charge in [0.1, 0.15) is 11.3 Å². The summed E-state index contributed by atoms with van der Waals surface area (Å²) in [6, 6.07) is 0. The summed E-state index contributed by atoms with van der Waals surface area (Å²) in [7, 11) is 3.05. The topological polar surface area (TPSA) is 64.5 Å². The number of ether oxygens (including phenoxy) is 2. The van der Waals surface area contributed by atoms with Gasteiger partial charge in [0.15, 0.2) is 0 Å². The van der Waals surface area contributed by atoms with E-state index in [4.69, 9.17) is 9.47 Å². The second-order valence-corrected chi connectivity index (χ2v) is 4.65. The smallest absolute Gasteiger partial charge is 0.241 e. The van der Waals surface area contributed by atoms with Crippen LogP contribution < -0.4 is 9.47 Å². The van der Waals surface area contributed by atoms with Crippen LogP contribution in [-0.2, 0) is 5.60 Å². The molecule has 17 heavy (non-hydrogen) atoms. The van der Waals surface area contributed by atoms with E-state index < -0.39 is 5.60 Å². The van der Waals surface area contributed by atoms with Crippen LogP contribution in [-0.4, -0.2) is 29.3 Å². The van der Waals surface area contributed by atoms with Crippen molar-refractivity contribution in [2.45, 2.75) is 31.8 Å². The predicted molar refractivity (Wildman–Crippen MR) is 62.0 cm³/mol. The van der Waals surface area contributed by atoms with E-state index in [-0.39, 0.29) is 0 Å². The van der Waals surface area contributed by atoms with Crippen molar-refractivity contribution in [2.24, 2.45) is 5.92 Å². The summed E-state index contributed by atoms with van der Waals surface area (Å²) in [5.41, 5.74) is -0.394. The van der Waals surface area contributed by atoms with Crippen molar-refractivity contribution < 1.29 is 14.6 Å². The van der Waals surface area contributed by atoms with Crippen molar-refractivity contribution in [2.75, 3.05) is 14.2 Å². The summed E-state index contributed by atoms with van der Waals surface area (Å²) in [5.74, 6) is 1.23. The largest absolute Gasteiger partial charge is 0.480 e. The third-order valence-corrected chi connectivity index (χ3v) is 3.30. The van der Waals surface area contributed by atoms with E-state index in [1.54, 1.807) is 0 Å². The molecule has 1 N–H and O–H groups in total. The minimum absolute atomic E-state index is 0.348. The third kappa shape index (κ3) is 2.20. The van der Waals surface area contributed by atoms with Gasteiger partial charge in [0.2, 0.25) is 11.8 Å². The highest BCUT2D eigenvalue weighted by Gasteiger charge is 2.41. The van der Waals surface area contributed by atoms with Gasteiger partial charge in [0.25, 0.3) is 0 Å². The van der Waals surface area contributed by atoms with Gasteiger partial charge in [-0.2, -0.15) is 4.98 Å². The van der Waals surface area contributed by atoms with E-state index in [1.165, 1.54) is 20.4 Å². The van der Waals surface area contributed by atoms with Crippen LogP contribution in [0.25, 0.3) is 0 Å². The summed E-state index contributed by atoms with van der Waals surface area (Å²) < 4.78 is 10.2. The highest BCUT2D eigenvalue weighted by atomic mass is 16.5. The fourth-order valence-corrected chi connectivity index (χ4v) is 2.40. The van der Waals surface area contributed by atoms with Gasteiger partial charge in [-0.25, -0.2) is 4.98 Å². The fraction of sp³-hybridized carbons (Fsp3) is 0.667. The second kappa shape index (κ2) is 4.49. The van der Waals surface area contributed by atoms with Crippen molar-refractivity contribution in [1.29, 1.82) is 0 Å². The van der Waals surface area contributed by atoms with Crippen LogP contribution in [0, 0.1) is 5.92 Å². The number of nitrogens with zero attached hydrogens (tertiary/aromatic N) is 2. The average molecular weight is 238 g/mol. The normalized spacial score (nSPS) is 28.1. The third-order valence-electron chi connectivity index (χ3n) is 3.30. The lowest BCUT2D eigenvalue weighted by Gasteiger charge is -2.23. The number of aliphatic hydroxyl groups is 1. The molecular weight excluding hydrogens is 220 g/mol. The lowest BCUT2D eigenvalue weighted by molar-refractivity contribution is 0.0328. The van der Waals surface area contributed by atoms with Gasteiger partial charge in [0, 0.05) is 0 Å². The molecule has 5 heteroatoms. The summed E-state index contributed by atoms with van der Waals surface area (Å²) in [6.45, 7) is 2.13. The minimum Gasteiger partial charge on any atom is -0.480 e. The molecule has 0 aliphatic heterocycles. The van der Waals surface area contributed by atoms with Crippen molar-refractivity contribution in [3.8, 4) is 11.8 Å². The molecule has 1 aromatic heterocycles. The van der Waals surface area contributed by atoms with Crippen molar-refractivity contribution in [3.05, 3.63) is 11.9 Å². The first-order valence-corrected chi connectivity index (χ1v) is 5.77. The first kappa shape index (κ1) is 12.1. The van der Waals surface area contributed by atoms with E-state index in [1.807, 2.05) is 0 Å². The highest BCUT2D eigenvalue weighted by molar-refractivity contribution is 5.29. The van der Waals surface area contributed by atoms with Crippen LogP contribution in [0.1, 0.15) is 31.9 Å². The maximum Gasteiger partial charge on any atom is 0.241 e. The zero-order valence-corrected chi connectivity index (χ0v) is 10.4. The quantitative estimate of drug-likeness (QED) is 0.864. The van der Waals surface area contributed by atoms with Crippen LogP contribution >= 0.6 is 0 Å². The molecule has 1 aliphatic rings. The number of rotatable bonds is 3. The molecule has 0 radical (unpaired) electrons. The van der Waals surface area contributed by atoms with Crippen molar-refractivity contribution in [3.63, 3.8) is 0 Å². The Morgan fingerprint density at radius 3 is 2.71 bits per heavy atom. The first-order valence-electron chi connectivity index (χ1n) is 5.77. The van der Waals surface area contributed by atoms with Crippen molar-refractivity contribution >= 4 is 0 Å². The lowest BCUT2D eigenvalue weighted by Crippen LogP contribution is -2.24. The molecule has 0 amide bonds. The van der Waals surface area contributed by atoms with Crippen LogP contribution in [0.4, 0.5) is 0 Å². The highest BCUT2D eigenvalue weighted by Crippen LogP contribution is 2.43. The molecule has 1 fully saturated rings. The molecule has 0 spiro atoms. The Kier molecular flexibility index (Phi) is 3.19. The Labute approximate surface area is 101 Å². The van der Waals surface area contributed by atoms with Crippen LogP contribution in [0.5, 0.6) is 11.8 Å². The zero-order valence-electron chi connectivity index (χ0n) is 10.4. The zero-order chi connectivity index (χ0) is 12.5. The second-order valence-electron chi connectivity index (χ2n) is 4.65. The molecule has 1 aromatic rings. The molecule has 2 atom stereocenters. The average Bonchev–Trinajstić information content (AvgIpc) is 2.69. The number of hydrogen-bond acceptors (Lipinski definition) is 5. The Morgan fingerprint density at radius 1 is 1.41 bits per heavy atom. The van der Waals surface area contributed by atoms with Gasteiger partial charge in [-0.3, -0.25) is 0 Å². The molecule has 2 unspecified atom stereocenters. The van der Waals surface area contributed by atoms with E-state index in [0.29, 0.717) is 36.2 Å². The molecule has 0 saturated heterocycles. The number of aromatic nitrogens is 2. The molecule has 1 saturated carbocycles. The molecular formula is C12H18N2O3. The number of methoxy groups -OCH3 is 2. The number of hydrogen-bond donors (Lipinski definition) is 1. The fourth-order valence-electron chi connectivity index (χ4n) is 2.40. The molecule has 1 aliphatic carbocycles. The van der Waals surface area contributed by atoms with E-state index in [0.717, 1.165) is 6.42 Å². The van der Waals surface area contributed by atoms with Gasteiger partial charge in [-0.1, -0.05) is 6.92 Å². The maximum absolute atomic E-state index is 10.6. The monoisotopic (exact) mass is 238 g/mol. The molecule has 5 nitrogen and oxygen atoms in total. The maximum atomic E-state index is 10.6. The molecule has 0 bridgehead atoms. The van der Waals surface area contributed by atoms with Gasteiger partial charge in [-0.15, -0.1) is 0 Å². The summed E-state index contributed by atoms with van der Waals surface area (Å²) in [4.78, 5) is 8.40. The molecule has 1 heterocycles. The Hall–Kier alpha value is -1.36. The summed E-state index contributed by atoms with van der Waals surface area (Å²) in [6.07, 6.45) is 3.90. The SMILES string of the molecule is COc1cnc(C2(O)CCC(C)C2)c(OC)n1. The van der Waals surface area contributed by atoms with Gasteiger partial charge >= 0.3 is 0 Å². The van der Waals surface area contributed by atoms with Gasteiger partial charge in [-0.05, 0) is 25.2 Å². The summed E-state index contributed by atoms with van der Waals surface area (Å²) >= 11 is 0. The first-order chi connectivity index (χ1) is 8.09. The van der Waals surface area contributed by atoms with E-state index in [9.17, 15) is 5.11 Å². The van der Waals surface area contributed by atoms with Crippen LogP contribution in [0.3, 0.4) is 0 Å². The molecule has 2 rings (SSSR count). The lowest BCUT2D eigenvalue weighted by atomic mass is 9.96. The van der Waals surface area contributed by atoms with E-state index >= 15 is 0 Å². The van der Waals surface area contributed by atoms with Gasteiger partial charge < -0.3 is 14.6 Å². The molecule has 94 valence electrons. The van der Waals surface area contributed by atoms with E-state index in [2.05, 4.69) is 16.9 Å². The summed E-state index contributed by atoms with van der Waals surface area (Å²) in [5, 5.41) is 10.6. The van der Waals surface area contributed by atoms with Crippen molar-refractivity contribution in [1.82, 2.24) is 9.97 Å². The van der Waals surface area contributed by atoms with Gasteiger partial charge in [0.05, 0.1) is 20.4 Å². The standard InChI is InChI=1S/C12H18N2O3/c1-8-4-5-12(15,6-8)10-11(17-3)14-9(16-2)7-13-10/h7-8,15H,4-6H2,1-3H3. The molecule has 0 aromatic carbocycles. The van der Waals surface area contributed by atoms with Crippen LogP contribution in [0.2, 0.25) is 0 Å². The predicted octanol–water partition coefficient (Wildman–Crippen LogP) is 1.50.